The van der Waals surface area contributed by atoms with Crippen LogP contribution in [0.5, 0.6) is 0 Å². The molecule has 0 bridgehead atoms. The fourth-order valence-electron chi connectivity index (χ4n) is 7.66. The van der Waals surface area contributed by atoms with Crippen LogP contribution in [-0.4, -0.2) is 13.7 Å². The summed E-state index contributed by atoms with van der Waals surface area (Å²) < 4.78 is 7.34. The van der Waals surface area contributed by atoms with Crippen molar-refractivity contribution in [3.8, 4) is 17.1 Å². The zero-order valence-electron chi connectivity index (χ0n) is 24.4. The lowest BCUT2D eigenvalue weighted by molar-refractivity contribution is 1.17. The molecule has 10 aromatic rings. The molecule has 0 fully saturated rings. The molecule has 3 heteroatoms. The number of benzene rings is 7. The zero-order chi connectivity index (χ0) is 29.5. The number of para-hydroxylation sites is 5. The first-order chi connectivity index (χ1) is 22.4. The maximum absolute atomic E-state index is 2.48. The lowest BCUT2D eigenvalue weighted by atomic mass is 10.1. The summed E-state index contributed by atoms with van der Waals surface area (Å²) in [4.78, 5) is 0. The summed E-state index contributed by atoms with van der Waals surface area (Å²) >= 11 is 0. The number of rotatable bonds is 3. The summed E-state index contributed by atoms with van der Waals surface area (Å²) in [6, 6.07) is 59.3. The number of hydrogen-bond donors (Lipinski definition) is 0. The van der Waals surface area contributed by atoms with Crippen LogP contribution in [0.3, 0.4) is 0 Å². The van der Waals surface area contributed by atoms with E-state index in [1.54, 1.807) is 0 Å². The first kappa shape index (κ1) is 24.4. The van der Waals surface area contributed by atoms with Crippen molar-refractivity contribution in [2.75, 3.05) is 0 Å². The van der Waals surface area contributed by atoms with Crippen molar-refractivity contribution in [2.24, 2.45) is 0 Å². The van der Waals surface area contributed by atoms with Gasteiger partial charge in [0.2, 0.25) is 0 Å². The van der Waals surface area contributed by atoms with Crippen molar-refractivity contribution in [2.45, 2.75) is 0 Å². The number of aromatic nitrogens is 3. The molecule has 0 unspecified atom stereocenters. The minimum atomic E-state index is 1.15. The van der Waals surface area contributed by atoms with Gasteiger partial charge in [-0.3, -0.25) is 0 Å². The fourth-order valence-corrected chi connectivity index (χ4v) is 7.66. The molecule has 0 N–H and O–H groups in total. The predicted octanol–water partition coefficient (Wildman–Crippen LogP) is 11.0. The smallest absolute Gasteiger partial charge is 0.0642 e. The monoisotopic (exact) mass is 573 g/mol. The summed E-state index contributed by atoms with van der Waals surface area (Å²) in [5.41, 5.74) is 10.8. The summed E-state index contributed by atoms with van der Waals surface area (Å²) in [7, 11) is 0. The lowest BCUT2D eigenvalue weighted by Gasteiger charge is -2.11. The van der Waals surface area contributed by atoms with Gasteiger partial charge >= 0.3 is 0 Å². The largest absolute Gasteiger partial charge is 0.309 e. The van der Waals surface area contributed by atoms with Gasteiger partial charge in [0.25, 0.3) is 0 Å². The van der Waals surface area contributed by atoms with Gasteiger partial charge in [-0.15, -0.1) is 0 Å². The van der Waals surface area contributed by atoms with Gasteiger partial charge in [0.15, 0.2) is 0 Å². The molecule has 0 saturated heterocycles. The molecule has 0 aliphatic heterocycles. The first-order valence-electron chi connectivity index (χ1n) is 15.5. The molecule has 0 aliphatic rings. The molecule has 0 spiro atoms. The van der Waals surface area contributed by atoms with Gasteiger partial charge in [-0.05, 0) is 66.7 Å². The van der Waals surface area contributed by atoms with E-state index in [1.165, 1.54) is 71.1 Å². The van der Waals surface area contributed by atoms with E-state index in [9.17, 15) is 0 Å². The molecule has 0 radical (unpaired) electrons. The first-order valence-corrected chi connectivity index (χ1v) is 15.5. The Morgan fingerprint density at radius 2 is 0.756 bits per heavy atom. The minimum Gasteiger partial charge on any atom is -0.309 e. The van der Waals surface area contributed by atoms with Gasteiger partial charge in [-0.2, -0.15) is 0 Å². The molecule has 45 heavy (non-hydrogen) atoms. The third-order valence-electron chi connectivity index (χ3n) is 9.42. The molecule has 0 amide bonds. The van der Waals surface area contributed by atoms with E-state index in [4.69, 9.17) is 0 Å². The average Bonchev–Trinajstić information content (AvgIpc) is 3.75. The Morgan fingerprint density at radius 1 is 0.267 bits per heavy atom. The maximum Gasteiger partial charge on any atom is 0.0642 e. The fraction of sp³-hybridized carbons (Fsp3) is 0. The molecule has 10 rings (SSSR count). The summed E-state index contributed by atoms with van der Waals surface area (Å²) in [5.74, 6) is 0. The Labute approximate surface area is 259 Å². The number of nitrogens with zero attached hydrogens (tertiary/aromatic N) is 3. The molecule has 3 heterocycles. The van der Waals surface area contributed by atoms with Crippen LogP contribution in [0.1, 0.15) is 0 Å². The number of hydrogen-bond acceptors (Lipinski definition) is 0. The molecule has 210 valence electrons. The molecule has 3 aromatic heterocycles. The van der Waals surface area contributed by atoms with Gasteiger partial charge in [-0.25, -0.2) is 0 Å². The molecule has 0 saturated carbocycles. The molecule has 0 aliphatic carbocycles. The van der Waals surface area contributed by atoms with Crippen molar-refractivity contribution in [1.82, 2.24) is 13.7 Å². The van der Waals surface area contributed by atoms with Gasteiger partial charge in [0.1, 0.15) is 0 Å². The SMILES string of the molecule is c1ccc(-n2c3ccccc3c3c2ccc2c4c(-n5c6ccccc6c6ccccc65)cccc4n(-c4ccccc4)c23)cc1. The second-order valence-electron chi connectivity index (χ2n) is 11.8. The van der Waals surface area contributed by atoms with Gasteiger partial charge in [0, 0.05) is 43.7 Å². The van der Waals surface area contributed by atoms with Crippen LogP contribution in [0, 0.1) is 0 Å². The van der Waals surface area contributed by atoms with E-state index in [2.05, 4.69) is 177 Å². The average molecular weight is 574 g/mol. The van der Waals surface area contributed by atoms with E-state index in [0.29, 0.717) is 0 Å². The highest BCUT2D eigenvalue weighted by atomic mass is 15.0. The van der Waals surface area contributed by atoms with Gasteiger partial charge in [-0.1, -0.05) is 97.1 Å². The summed E-state index contributed by atoms with van der Waals surface area (Å²) in [6.07, 6.45) is 0. The molecule has 3 nitrogen and oxygen atoms in total. The van der Waals surface area contributed by atoms with Crippen LogP contribution < -0.4 is 0 Å². The van der Waals surface area contributed by atoms with E-state index in [1.807, 2.05) is 0 Å². The second kappa shape index (κ2) is 9.22. The Bertz CT molecular complexity index is 2690. The third-order valence-corrected chi connectivity index (χ3v) is 9.42. The van der Waals surface area contributed by atoms with Crippen LogP contribution in [0.25, 0.3) is 82.5 Å². The van der Waals surface area contributed by atoms with Crippen molar-refractivity contribution in [3.05, 3.63) is 164 Å². The van der Waals surface area contributed by atoms with E-state index < -0.39 is 0 Å². The Balaban J connectivity index is 1.45. The van der Waals surface area contributed by atoms with Crippen molar-refractivity contribution in [1.29, 1.82) is 0 Å². The second-order valence-corrected chi connectivity index (χ2v) is 11.8. The van der Waals surface area contributed by atoms with Gasteiger partial charge < -0.3 is 13.7 Å². The number of fused-ring (bicyclic) bond motifs is 10. The Hall–Kier alpha value is -6.06. The highest BCUT2D eigenvalue weighted by Gasteiger charge is 2.23. The topological polar surface area (TPSA) is 14.8 Å². The van der Waals surface area contributed by atoms with E-state index >= 15 is 0 Å². The third kappa shape index (κ3) is 3.30. The zero-order valence-corrected chi connectivity index (χ0v) is 24.4. The highest BCUT2D eigenvalue weighted by Crippen LogP contribution is 2.44. The highest BCUT2D eigenvalue weighted by molar-refractivity contribution is 6.27. The van der Waals surface area contributed by atoms with Crippen LogP contribution in [-0.2, 0) is 0 Å². The van der Waals surface area contributed by atoms with Gasteiger partial charge in [0.05, 0.1) is 38.8 Å². The summed E-state index contributed by atoms with van der Waals surface area (Å²) in [6.45, 7) is 0. The minimum absolute atomic E-state index is 1.15. The quantitative estimate of drug-likeness (QED) is 0.200. The van der Waals surface area contributed by atoms with Crippen LogP contribution in [0.2, 0.25) is 0 Å². The van der Waals surface area contributed by atoms with Crippen molar-refractivity contribution >= 4 is 65.4 Å². The predicted molar refractivity (Wildman–Crippen MR) is 189 cm³/mol. The van der Waals surface area contributed by atoms with Crippen molar-refractivity contribution < 1.29 is 0 Å². The molecule has 0 atom stereocenters. The molecule has 7 aromatic carbocycles. The molecular weight excluding hydrogens is 546 g/mol. The van der Waals surface area contributed by atoms with Crippen LogP contribution in [0.4, 0.5) is 0 Å². The van der Waals surface area contributed by atoms with Crippen LogP contribution >= 0.6 is 0 Å². The summed E-state index contributed by atoms with van der Waals surface area (Å²) in [5, 5.41) is 7.55. The Kier molecular flexibility index (Phi) is 5.00. The van der Waals surface area contributed by atoms with Crippen molar-refractivity contribution in [3.63, 3.8) is 0 Å². The lowest BCUT2D eigenvalue weighted by Crippen LogP contribution is -1.96. The van der Waals surface area contributed by atoms with Crippen LogP contribution in [0.15, 0.2) is 164 Å². The standard InChI is InChI=1S/C42H27N3/c1-3-14-28(15-4-1)43-36-23-12-9-20-32(36)41-39(43)27-26-33-40-37(44(42(33)41)29-16-5-2-6-17-29)24-13-25-38(40)45-34-21-10-7-18-30(34)31-19-8-11-22-35(31)45/h1-27H. The Morgan fingerprint density at radius 3 is 1.40 bits per heavy atom. The van der Waals surface area contributed by atoms with E-state index in [0.717, 1.165) is 11.4 Å². The van der Waals surface area contributed by atoms with E-state index in [-0.39, 0.29) is 0 Å². The normalized spacial score (nSPS) is 12.0. The molecular formula is C42H27N3. The maximum atomic E-state index is 2.48.